The Morgan fingerprint density at radius 1 is 0.967 bits per heavy atom. The highest BCUT2D eigenvalue weighted by Gasteiger charge is 2.36. The molecule has 0 aliphatic heterocycles. The van der Waals surface area contributed by atoms with E-state index in [0.29, 0.717) is 11.5 Å². The molecule has 2 aliphatic carbocycles. The second-order valence-corrected chi connectivity index (χ2v) is 8.92. The molecule has 2 aromatic rings. The standard InChI is InChI=1S/C26H31FO3/c1-3-17-4-5-19-15-20(7-6-18(19)14-17)24-13-8-21(16-25(24)27)26(28)30-23-11-9-22(29-2)10-12-23/h8-13,16-20H,3-7,14-15H2,1-2H3/t17-,18-,19+,20?/m0/s1. The summed E-state index contributed by atoms with van der Waals surface area (Å²) in [6, 6.07) is 11.6. The average Bonchev–Trinajstić information content (AvgIpc) is 2.78. The lowest BCUT2D eigenvalue weighted by molar-refractivity contribution is 0.0734. The van der Waals surface area contributed by atoms with E-state index < -0.39 is 5.97 Å². The predicted octanol–water partition coefficient (Wildman–Crippen LogP) is 6.76. The van der Waals surface area contributed by atoms with Gasteiger partial charge in [0.05, 0.1) is 12.7 Å². The Bertz CT molecular complexity index is 876. The van der Waals surface area contributed by atoms with Crippen molar-refractivity contribution >= 4 is 5.97 Å². The fourth-order valence-corrected chi connectivity index (χ4v) is 5.43. The van der Waals surface area contributed by atoms with Crippen LogP contribution in [0.25, 0.3) is 0 Å². The van der Waals surface area contributed by atoms with E-state index in [1.807, 2.05) is 0 Å². The summed E-state index contributed by atoms with van der Waals surface area (Å²) in [7, 11) is 1.58. The number of benzene rings is 2. The molecular formula is C26H31FO3. The topological polar surface area (TPSA) is 35.5 Å². The Balaban J connectivity index is 1.41. The summed E-state index contributed by atoms with van der Waals surface area (Å²) in [6.07, 6.45) is 8.57. The zero-order chi connectivity index (χ0) is 21.1. The van der Waals surface area contributed by atoms with Crippen molar-refractivity contribution in [1.29, 1.82) is 0 Å². The minimum Gasteiger partial charge on any atom is -0.497 e. The molecule has 1 unspecified atom stereocenters. The quantitative estimate of drug-likeness (QED) is 0.403. The second-order valence-electron chi connectivity index (χ2n) is 8.92. The molecule has 0 heterocycles. The highest BCUT2D eigenvalue weighted by molar-refractivity contribution is 5.91. The van der Waals surface area contributed by atoms with E-state index in [0.717, 1.165) is 36.2 Å². The number of methoxy groups -OCH3 is 1. The summed E-state index contributed by atoms with van der Waals surface area (Å²) in [5.41, 5.74) is 0.997. The van der Waals surface area contributed by atoms with E-state index in [1.54, 1.807) is 43.5 Å². The van der Waals surface area contributed by atoms with Crippen LogP contribution < -0.4 is 9.47 Å². The number of carbonyl (C=O) groups excluding carboxylic acids is 1. The first kappa shape index (κ1) is 20.9. The minimum atomic E-state index is -0.549. The first-order chi connectivity index (χ1) is 14.6. The molecule has 2 saturated carbocycles. The first-order valence-electron chi connectivity index (χ1n) is 11.2. The van der Waals surface area contributed by atoms with Crippen LogP contribution in [-0.4, -0.2) is 13.1 Å². The monoisotopic (exact) mass is 410 g/mol. The van der Waals surface area contributed by atoms with E-state index in [-0.39, 0.29) is 17.3 Å². The maximum Gasteiger partial charge on any atom is 0.343 e. The van der Waals surface area contributed by atoms with Crippen LogP contribution in [0.4, 0.5) is 4.39 Å². The number of ether oxygens (including phenoxy) is 2. The average molecular weight is 411 g/mol. The largest absolute Gasteiger partial charge is 0.497 e. The SMILES string of the molecule is CC[C@H]1CC[C@@H]2CC(c3ccc(C(=O)Oc4ccc(OC)cc4)cc3F)CC[C@H]2C1. The fraction of sp³-hybridized carbons (Fsp3) is 0.500. The van der Waals surface area contributed by atoms with Gasteiger partial charge in [-0.1, -0.05) is 25.8 Å². The van der Waals surface area contributed by atoms with Gasteiger partial charge >= 0.3 is 5.97 Å². The third-order valence-electron chi connectivity index (χ3n) is 7.24. The molecule has 30 heavy (non-hydrogen) atoms. The van der Waals surface area contributed by atoms with E-state index in [2.05, 4.69) is 6.92 Å². The molecule has 4 atom stereocenters. The predicted molar refractivity (Wildman–Crippen MR) is 116 cm³/mol. The smallest absolute Gasteiger partial charge is 0.343 e. The van der Waals surface area contributed by atoms with Crippen LogP contribution in [-0.2, 0) is 0 Å². The zero-order valence-electron chi connectivity index (χ0n) is 17.9. The van der Waals surface area contributed by atoms with E-state index in [9.17, 15) is 9.18 Å². The highest BCUT2D eigenvalue weighted by atomic mass is 19.1. The van der Waals surface area contributed by atoms with Crippen molar-refractivity contribution in [1.82, 2.24) is 0 Å². The van der Waals surface area contributed by atoms with Crippen LogP contribution in [0.2, 0.25) is 0 Å². The molecule has 0 bridgehead atoms. The van der Waals surface area contributed by atoms with Crippen LogP contribution >= 0.6 is 0 Å². The lowest BCUT2D eigenvalue weighted by atomic mass is 9.63. The normalized spacial score (nSPS) is 26.0. The van der Waals surface area contributed by atoms with Gasteiger partial charge in [0.1, 0.15) is 17.3 Å². The Morgan fingerprint density at radius 2 is 1.67 bits per heavy atom. The molecule has 3 nitrogen and oxygen atoms in total. The molecule has 4 rings (SSSR count). The summed E-state index contributed by atoms with van der Waals surface area (Å²) in [5, 5.41) is 0. The Hall–Kier alpha value is -2.36. The van der Waals surface area contributed by atoms with Gasteiger partial charge in [-0.25, -0.2) is 9.18 Å². The summed E-state index contributed by atoms with van der Waals surface area (Å²) < 4.78 is 25.4. The molecule has 2 aromatic carbocycles. The van der Waals surface area contributed by atoms with Crippen LogP contribution in [0.5, 0.6) is 11.5 Å². The van der Waals surface area contributed by atoms with Gasteiger partial charge in [0.2, 0.25) is 0 Å². The second kappa shape index (κ2) is 9.20. The van der Waals surface area contributed by atoms with Gasteiger partial charge in [-0.05, 0) is 97.7 Å². The van der Waals surface area contributed by atoms with E-state index in [4.69, 9.17) is 9.47 Å². The molecule has 4 heteroatoms. The van der Waals surface area contributed by atoms with Crippen molar-refractivity contribution in [3.8, 4) is 11.5 Å². The molecule has 0 amide bonds. The molecular weight excluding hydrogens is 379 g/mol. The number of esters is 1. The maximum atomic E-state index is 14.9. The number of hydrogen-bond donors (Lipinski definition) is 0. The molecule has 0 N–H and O–H groups in total. The third kappa shape index (κ3) is 4.53. The Kier molecular flexibility index (Phi) is 6.40. The lowest BCUT2D eigenvalue weighted by Gasteiger charge is -2.42. The number of fused-ring (bicyclic) bond motifs is 1. The zero-order valence-corrected chi connectivity index (χ0v) is 17.9. The van der Waals surface area contributed by atoms with Gasteiger partial charge in [-0.3, -0.25) is 0 Å². The fourth-order valence-electron chi connectivity index (χ4n) is 5.43. The van der Waals surface area contributed by atoms with Gasteiger partial charge in [0, 0.05) is 0 Å². The number of carbonyl (C=O) groups is 1. The summed E-state index contributed by atoms with van der Waals surface area (Å²) in [5.74, 6) is 2.95. The first-order valence-corrected chi connectivity index (χ1v) is 11.2. The van der Waals surface area contributed by atoms with E-state index >= 15 is 0 Å². The maximum absolute atomic E-state index is 14.9. The van der Waals surface area contributed by atoms with Crippen molar-refractivity contribution in [3.63, 3.8) is 0 Å². The van der Waals surface area contributed by atoms with Gasteiger partial charge in [0.15, 0.2) is 0 Å². The molecule has 160 valence electrons. The Morgan fingerprint density at radius 3 is 2.37 bits per heavy atom. The molecule has 2 fully saturated rings. The minimum absolute atomic E-state index is 0.240. The van der Waals surface area contributed by atoms with Gasteiger partial charge in [-0.15, -0.1) is 0 Å². The molecule has 0 radical (unpaired) electrons. The van der Waals surface area contributed by atoms with Crippen molar-refractivity contribution in [2.45, 2.75) is 57.8 Å². The number of halogens is 1. The molecule has 0 spiro atoms. The molecule has 0 saturated heterocycles. The van der Waals surface area contributed by atoms with Crippen molar-refractivity contribution < 1.29 is 18.7 Å². The van der Waals surface area contributed by atoms with Crippen LogP contribution in [0, 0.1) is 23.6 Å². The molecule has 0 aromatic heterocycles. The van der Waals surface area contributed by atoms with Crippen LogP contribution in [0.1, 0.15) is 73.7 Å². The van der Waals surface area contributed by atoms with Crippen LogP contribution in [0.3, 0.4) is 0 Å². The summed E-state index contributed by atoms with van der Waals surface area (Å²) in [4.78, 5) is 12.4. The van der Waals surface area contributed by atoms with Crippen LogP contribution in [0.15, 0.2) is 42.5 Å². The Labute approximate surface area is 178 Å². The summed E-state index contributed by atoms with van der Waals surface area (Å²) >= 11 is 0. The van der Waals surface area contributed by atoms with Gasteiger partial charge in [0.25, 0.3) is 0 Å². The highest BCUT2D eigenvalue weighted by Crippen LogP contribution is 2.48. The van der Waals surface area contributed by atoms with Gasteiger partial charge in [-0.2, -0.15) is 0 Å². The van der Waals surface area contributed by atoms with E-state index in [1.165, 1.54) is 38.2 Å². The van der Waals surface area contributed by atoms with Crippen molar-refractivity contribution in [2.75, 3.05) is 7.11 Å². The number of rotatable bonds is 5. The summed E-state index contributed by atoms with van der Waals surface area (Å²) in [6.45, 7) is 2.30. The van der Waals surface area contributed by atoms with Crippen molar-refractivity contribution in [3.05, 3.63) is 59.4 Å². The lowest BCUT2D eigenvalue weighted by Crippen LogP contribution is -2.30. The van der Waals surface area contributed by atoms with Gasteiger partial charge < -0.3 is 9.47 Å². The number of hydrogen-bond acceptors (Lipinski definition) is 3. The molecule has 2 aliphatic rings. The van der Waals surface area contributed by atoms with Crippen molar-refractivity contribution in [2.24, 2.45) is 17.8 Å². The third-order valence-corrected chi connectivity index (χ3v) is 7.24.